The number of halogens is 2. The molecule has 0 aromatic heterocycles. The molecule has 1 fully saturated rings. The Morgan fingerprint density at radius 3 is 2.63 bits per heavy atom. The SMILES string of the molecule is COc1cc(/C=C2/SC(=O)N(CC(=O)Nc3ccc(C)cc3C)C2=O)cc(Br)c1OCc1cccc(F)c1. The third-order valence-electron chi connectivity index (χ3n) is 5.65. The van der Waals surface area contributed by atoms with Gasteiger partial charge in [0.1, 0.15) is 19.0 Å². The van der Waals surface area contributed by atoms with E-state index in [2.05, 4.69) is 21.2 Å². The van der Waals surface area contributed by atoms with E-state index in [1.54, 1.807) is 36.4 Å². The zero-order valence-electron chi connectivity index (χ0n) is 20.8. The zero-order valence-corrected chi connectivity index (χ0v) is 23.2. The van der Waals surface area contributed by atoms with Crippen molar-refractivity contribution in [1.29, 1.82) is 0 Å². The monoisotopic (exact) mass is 598 g/mol. The van der Waals surface area contributed by atoms with Crippen LogP contribution in [0.5, 0.6) is 11.5 Å². The molecule has 4 rings (SSSR count). The lowest BCUT2D eigenvalue weighted by Crippen LogP contribution is -2.36. The molecule has 0 radical (unpaired) electrons. The minimum absolute atomic E-state index is 0.120. The average molecular weight is 599 g/mol. The quantitative estimate of drug-likeness (QED) is 0.299. The molecule has 0 saturated carbocycles. The second kappa shape index (κ2) is 11.8. The van der Waals surface area contributed by atoms with Gasteiger partial charge < -0.3 is 14.8 Å². The van der Waals surface area contributed by atoms with Gasteiger partial charge in [-0.2, -0.15) is 0 Å². The smallest absolute Gasteiger partial charge is 0.294 e. The lowest BCUT2D eigenvalue weighted by Gasteiger charge is -2.14. The van der Waals surface area contributed by atoms with Crippen molar-refractivity contribution in [3.63, 3.8) is 0 Å². The predicted octanol–water partition coefficient (Wildman–Crippen LogP) is 6.47. The number of hydrogen-bond donors (Lipinski definition) is 1. The fourth-order valence-electron chi connectivity index (χ4n) is 3.82. The van der Waals surface area contributed by atoms with E-state index < -0.39 is 23.6 Å². The van der Waals surface area contributed by atoms with Crippen LogP contribution in [0.15, 0.2) is 64.0 Å². The lowest BCUT2D eigenvalue weighted by atomic mass is 10.1. The minimum atomic E-state index is -0.558. The van der Waals surface area contributed by atoms with E-state index in [4.69, 9.17) is 9.47 Å². The second-order valence-electron chi connectivity index (χ2n) is 8.59. The maximum atomic E-state index is 13.5. The highest BCUT2D eigenvalue weighted by atomic mass is 79.9. The number of nitrogens with zero attached hydrogens (tertiary/aromatic N) is 1. The summed E-state index contributed by atoms with van der Waals surface area (Å²) in [7, 11) is 1.48. The number of hydrogen-bond acceptors (Lipinski definition) is 6. The maximum Gasteiger partial charge on any atom is 0.294 e. The van der Waals surface area contributed by atoms with Crippen molar-refractivity contribution in [3.8, 4) is 11.5 Å². The number of anilines is 1. The van der Waals surface area contributed by atoms with Crippen LogP contribution >= 0.6 is 27.7 Å². The van der Waals surface area contributed by atoms with Crippen LogP contribution < -0.4 is 14.8 Å². The Morgan fingerprint density at radius 1 is 1.13 bits per heavy atom. The van der Waals surface area contributed by atoms with Gasteiger partial charge in [-0.3, -0.25) is 19.3 Å². The predicted molar refractivity (Wildman–Crippen MR) is 149 cm³/mol. The summed E-state index contributed by atoms with van der Waals surface area (Å²) in [4.78, 5) is 39.1. The number of amides is 3. The van der Waals surface area contributed by atoms with Gasteiger partial charge in [0.05, 0.1) is 16.5 Å². The van der Waals surface area contributed by atoms with E-state index in [1.807, 2.05) is 26.0 Å². The zero-order chi connectivity index (χ0) is 27.4. The van der Waals surface area contributed by atoms with Gasteiger partial charge in [-0.25, -0.2) is 4.39 Å². The number of carbonyl (C=O) groups excluding carboxylic acids is 3. The van der Waals surface area contributed by atoms with Crippen molar-refractivity contribution in [3.05, 3.63) is 92.0 Å². The van der Waals surface area contributed by atoms with Crippen LogP contribution in [-0.2, 0) is 16.2 Å². The van der Waals surface area contributed by atoms with E-state index in [1.165, 1.54) is 19.2 Å². The number of methoxy groups -OCH3 is 1. The number of rotatable bonds is 8. The molecule has 1 aliphatic heterocycles. The molecular formula is C28H24BrFN2O5S. The summed E-state index contributed by atoms with van der Waals surface area (Å²) in [5.41, 5.74) is 3.80. The van der Waals surface area contributed by atoms with E-state index in [0.29, 0.717) is 32.8 Å². The van der Waals surface area contributed by atoms with Crippen LogP contribution in [0, 0.1) is 19.7 Å². The summed E-state index contributed by atoms with van der Waals surface area (Å²) in [5, 5.41) is 2.22. The van der Waals surface area contributed by atoms with Crippen molar-refractivity contribution < 1.29 is 28.2 Å². The molecule has 0 atom stereocenters. The minimum Gasteiger partial charge on any atom is -0.493 e. The van der Waals surface area contributed by atoms with Crippen molar-refractivity contribution in [2.24, 2.45) is 0 Å². The van der Waals surface area contributed by atoms with Crippen LogP contribution in [0.25, 0.3) is 6.08 Å². The van der Waals surface area contributed by atoms with Crippen molar-refractivity contribution in [1.82, 2.24) is 4.90 Å². The van der Waals surface area contributed by atoms with Gasteiger partial charge >= 0.3 is 0 Å². The molecule has 1 N–H and O–H groups in total. The molecule has 196 valence electrons. The first-order valence-corrected chi connectivity index (χ1v) is 13.1. The third kappa shape index (κ3) is 6.43. The van der Waals surface area contributed by atoms with Gasteiger partial charge in [0.25, 0.3) is 11.1 Å². The first-order valence-electron chi connectivity index (χ1n) is 11.5. The number of thioether (sulfide) groups is 1. The number of benzene rings is 3. The van der Waals surface area contributed by atoms with Crippen molar-refractivity contribution in [2.45, 2.75) is 20.5 Å². The standard InChI is InChI=1S/C28H24BrFN2O5S/c1-16-7-8-22(17(2)9-16)31-25(33)14-32-27(34)24(38-28(32)35)13-19-11-21(29)26(23(12-19)36-3)37-15-18-5-4-6-20(30)10-18/h4-13H,14-15H2,1-3H3,(H,31,33)/b24-13+. The Hall–Kier alpha value is -3.63. The first-order chi connectivity index (χ1) is 18.1. The van der Waals surface area contributed by atoms with Crippen LogP contribution in [0.1, 0.15) is 22.3 Å². The van der Waals surface area contributed by atoms with Gasteiger partial charge in [-0.1, -0.05) is 29.8 Å². The van der Waals surface area contributed by atoms with E-state index in [0.717, 1.165) is 27.8 Å². The van der Waals surface area contributed by atoms with Crippen molar-refractivity contribution >= 4 is 56.5 Å². The number of ether oxygens (including phenoxy) is 2. The summed E-state index contributed by atoms with van der Waals surface area (Å²) in [6.07, 6.45) is 1.55. The highest BCUT2D eigenvalue weighted by molar-refractivity contribution is 9.10. The molecule has 1 saturated heterocycles. The number of aryl methyl sites for hydroxylation is 2. The van der Waals surface area contributed by atoms with Gasteiger partial charge in [0.2, 0.25) is 5.91 Å². The molecule has 7 nitrogen and oxygen atoms in total. The largest absolute Gasteiger partial charge is 0.493 e. The molecule has 38 heavy (non-hydrogen) atoms. The third-order valence-corrected chi connectivity index (χ3v) is 7.15. The normalized spacial score (nSPS) is 14.2. The summed E-state index contributed by atoms with van der Waals surface area (Å²) in [6.45, 7) is 3.55. The van der Waals surface area contributed by atoms with Gasteiger partial charge in [-0.05, 0) is 94.6 Å². The highest BCUT2D eigenvalue weighted by Gasteiger charge is 2.36. The van der Waals surface area contributed by atoms with E-state index in [-0.39, 0.29) is 17.3 Å². The average Bonchev–Trinajstić information content (AvgIpc) is 3.12. The van der Waals surface area contributed by atoms with Gasteiger partial charge in [0, 0.05) is 5.69 Å². The molecule has 1 heterocycles. The molecule has 0 unspecified atom stereocenters. The number of carbonyl (C=O) groups is 3. The topological polar surface area (TPSA) is 84.9 Å². The molecule has 0 bridgehead atoms. The Bertz CT molecular complexity index is 1460. The molecule has 0 spiro atoms. The first kappa shape index (κ1) is 27.4. The van der Waals surface area contributed by atoms with Crippen molar-refractivity contribution in [2.75, 3.05) is 19.0 Å². The molecular weight excluding hydrogens is 575 g/mol. The molecule has 10 heteroatoms. The van der Waals surface area contributed by atoms with Gasteiger partial charge in [0.15, 0.2) is 11.5 Å². The Morgan fingerprint density at radius 2 is 1.92 bits per heavy atom. The van der Waals surface area contributed by atoms with Crippen LogP contribution in [0.4, 0.5) is 14.9 Å². The van der Waals surface area contributed by atoms with Crippen LogP contribution in [0.2, 0.25) is 0 Å². The summed E-state index contributed by atoms with van der Waals surface area (Å²) in [5.74, 6) is -0.592. The number of nitrogens with one attached hydrogen (secondary N) is 1. The molecule has 0 aliphatic carbocycles. The molecule has 3 amide bonds. The van der Waals surface area contributed by atoms with Gasteiger partial charge in [-0.15, -0.1) is 0 Å². The van der Waals surface area contributed by atoms with E-state index in [9.17, 15) is 18.8 Å². The van der Waals surface area contributed by atoms with Crippen LogP contribution in [-0.4, -0.2) is 35.6 Å². The number of imide groups is 1. The molecule has 1 aliphatic rings. The Kier molecular flexibility index (Phi) is 8.53. The van der Waals surface area contributed by atoms with E-state index >= 15 is 0 Å². The molecule has 3 aromatic rings. The van der Waals surface area contributed by atoms with Crippen LogP contribution in [0.3, 0.4) is 0 Å². The lowest BCUT2D eigenvalue weighted by molar-refractivity contribution is -0.127. The maximum absolute atomic E-state index is 13.5. The summed E-state index contributed by atoms with van der Waals surface area (Å²) in [6, 6.07) is 15.0. The highest BCUT2D eigenvalue weighted by Crippen LogP contribution is 2.39. The fourth-order valence-corrected chi connectivity index (χ4v) is 5.23. The Balaban J connectivity index is 1.47. The summed E-state index contributed by atoms with van der Waals surface area (Å²) >= 11 is 4.22. The fraction of sp³-hybridized carbons (Fsp3) is 0.179. The molecule has 3 aromatic carbocycles. The second-order valence-corrected chi connectivity index (χ2v) is 10.4. The summed E-state index contributed by atoms with van der Waals surface area (Å²) < 4.78 is 25.3. The Labute approximate surface area is 232 Å².